The normalized spacial score (nSPS) is 19.5. The summed E-state index contributed by atoms with van der Waals surface area (Å²) in [5.41, 5.74) is 3.65. The average molecular weight is 448 g/mol. The van der Waals surface area contributed by atoms with Crippen molar-refractivity contribution in [3.8, 4) is 11.5 Å². The van der Waals surface area contributed by atoms with Crippen molar-refractivity contribution in [3.63, 3.8) is 0 Å². The van der Waals surface area contributed by atoms with Crippen LogP contribution in [-0.2, 0) is 28.0 Å². The van der Waals surface area contributed by atoms with Gasteiger partial charge in [-0.05, 0) is 49.6 Å². The minimum Gasteiger partial charge on any atom is -0.493 e. The second kappa shape index (κ2) is 7.83. The molecule has 0 bridgehead atoms. The number of hydrogen-bond donors (Lipinski definition) is 1. The Bertz CT molecular complexity index is 1250. The molecule has 0 unspecified atom stereocenters. The Morgan fingerprint density at radius 2 is 1.82 bits per heavy atom. The largest absolute Gasteiger partial charge is 0.493 e. The summed E-state index contributed by atoms with van der Waals surface area (Å²) in [6.45, 7) is 4.63. The van der Waals surface area contributed by atoms with Crippen molar-refractivity contribution >= 4 is 22.7 Å². The molecule has 2 amide bonds. The highest BCUT2D eigenvalue weighted by atomic mass is 16.5. The lowest BCUT2D eigenvalue weighted by molar-refractivity contribution is -0.163. The van der Waals surface area contributed by atoms with E-state index in [1.165, 1.54) is 0 Å². The van der Waals surface area contributed by atoms with Crippen molar-refractivity contribution < 1.29 is 19.1 Å². The quantitative estimate of drug-likeness (QED) is 0.652. The lowest BCUT2D eigenvalue weighted by Gasteiger charge is -2.51. The van der Waals surface area contributed by atoms with Crippen molar-refractivity contribution in [2.24, 2.45) is 0 Å². The summed E-state index contributed by atoms with van der Waals surface area (Å²) in [6, 6.07) is 13.4. The zero-order valence-electron chi connectivity index (χ0n) is 19.5. The van der Waals surface area contributed by atoms with Crippen LogP contribution in [0.3, 0.4) is 0 Å². The van der Waals surface area contributed by atoms with Crippen LogP contribution >= 0.6 is 0 Å². The summed E-state index contributed by atoms with van der Waals surface area (Å²) >= 11 is 0. The molecule has 7 heteroatoms. The molecule has 1 N–H and O–H groups in total. The zero-order valence-corrected chi connectivity index (χ0v) is 19.5. The Kier molecular flexibility index (Phi) is 5.07. The number of hydrogen-bond acceptors (Lipinski definition) is 4. The molecule has 0 saturated carbocycles. The topological polar surface area (TPSA) is 74.9 Å². The minimum absolute atomic E-state index is 0.0128. The Morgan fingerprint density at radius 3 is 2.58 bits per heavy atom. The molecule has 7 nitrogen and oxygen atoms in total. The van der Waals surface area contributed by atoms with Crippen LogP contribution in [0, 0.1) is 0 Å². The van der Waals surface area contributed by atoms with Crippen LogP contribution in [0.1, 0.15) is 30.7 Å². The number of amides is 2. The summed E-state index contributed by atoms with van der Waals surface area (Å²) in [6.07, 6.45) is 1.16. The first-order chi connectivity index (χ1) is 15.8. The summed E-state index contributed by atoms with van der Waals surface area (Å²) in [4.78, 5) is 33.9. The van der Waals surface area contributed by atoms with Crippen molar-refractivity contribution in [3.05, 3.63) is 59.3 Å². The Hall–Kier alpha value is -3.48. The van der Waals surface area contributed by atoms with Crippen LogP contribution < -0.4 is 9.47 Å². The maximum Gasteiger partial charge on any atom is 0.246 e. The molecule has 1 atom stereocenters. The van der Waals surface area contributed by atoms with Crippen molar-refractivity contribution in [1.29, 1.82) is 0 Å². The van der Waals surface area contributed by atoms with Gasteiger partial charge in [0.1, 0.15) is 6.04 Å². The lowest BCUT2D eigenvalue weighted by Crippen LogP contribution is -2.67. The molecule has 5 rings (SSSR count). The van der Waals surface area contributed by atoms with Gasteiger partial charge in [-0.2, -0.15) is 0 Å². The predicted molar refractivity (Wildman–Crippen MR) is 125 cm³/mol. The fraction of sp³-hybridized carbons (Fsp3) is 0.385. The van der Waals surface area contributed by atoms with Gasteiger partial charge in [0, 0.05) is 29.6 Å². The lowest BCUT2D eigenvalue weighted by atomic mass is 9.82. The van der Waals surface area contributed by atoms with Gasteiger partial charge in [0.05, 0.1) is 26.3 Å². The number of piperazine rings is 1. The Morgan fingerprint density at radius 1 is 1.06 bits per heavy atom. The number of para-hydroxylation sites is 1. The van der Waals surface area contributed by atoms with Gasteiger partial charge in [0.2, 0.25) is 11.8 Å². The molecule has 1 saturated heterocycles. The number of H-pyrrole nitrogens is 1. The number of nitrogens with zero attached hydrogens (tertiary/aromatic N) is 2. The van der Waals surface area contributed by atoms with Crippen LogP contribution in [0.2, 0.25) is 0 Å². The van der Waals surface area contributed by atoms with Gasteiger partial charge in [-0.3, -0.25) is 9.59 Å². The highest BCUT2D eigenvalue weighted by Gasteiger charge is 2.51. The number of methoxy groups -OCH3 is 2. The standard InChI is InChI=1S/C26H29N3O4/c1-26(2)24-18(17-7-5-6-8-19(17)27-24)14-20-25(31)28(15-23(30)29(20)26)12-11-16-9-10-21(32-3)22(13-16)33-4/h5-10,13,20,27H,11-12,14-15H2,1-4H3/t20-/m0/s1. The molecule has 2 aromatic carbocycles. The van der Waals surface area contributed by atoms with Crippen LogP contribution in [-0.4, -0.2) is 59.9 Å². The Balaban J connectivity index is 1.41. The monoisotopic (exact) mass is 447 g/mol. The van der Waals surface area contributed by atoms with Gasteiger partial charge >= 0.3 is 0 Å². The molecule has 1 fully saturated rings. The van der Waals surface area contributed by atoms with E-state index < -0.39 is 11.6 Å². The summed E-state index contributed by atoms with van der Waals surface area (Å²) in [7, 11) is 3.21. The first-order valence-electron chi connectivity index (χ1n) is 11.3. The maximum absolute atomic E-state index is 13.6. The number of ether oxygens (including phenoxy) is 2. The van der Waals surface area contributed by atoms with Gasteiger partial charge in [0.25, 0.3) is 0 Å². The van der Waals surface area contributed by atoms with Crippen LogP contribution in [0.25, 0.3) is 10.9 Å². The molecule has 2 aliphatic heterocycles. The Labute approximate surface area is 193 Å². The number of carbonyl (C=O) groups is 2. The highest BCUT2D eigenvalue weighted by Crippen LogP contribution is 2.42. The number of nitrogens with one attached hydrogen (secondary N) is 1. The number of fused-ring (bicyclic) bond motifs is 4. The van der Waals surface area contributed by atoms with Gasteiger partial charge in [-0.1, -0.05) is 24.3 Å². The zero-order chi connectivity index (χ0) is 23.3. The minimum atomic E-state index is -0.584. The number of benzene rings is 2. The van der Waals surface area contributed by atoms with Crippen LogP contribution in [0.5, 0.6) is 11.5 Å². The van der Waals surface area contributed by atoms with Crippen molar-refractivity contribution in [1.82, 2.24) is 14.8 Å². The number of carbonyl (C=O) groups excluding carboxylic acids is 2. The van der Waals surface area contributed by atoms with Crippen molar-refractivity contribution in [2.45, 2.75) is 38.3 Å². The number of rotatable bonds is 5. The summed E-state index contributed by atoms with van der Waals surface area (Å²) in [5.74, 6) is 1.32. The third-order valence-corrected chi connectivity index (χ3v) is 7.05. The first kappa shape index (κ1) is 21.4. The van der Waals surface area contributed by atoms with E-state index in [-0.39, 0.29) is 18.4 Å². The fourth-order valence-corrected chi connectivity index (χ4v) is 5.43. The molecule has 2 aliphatic rings. The van der Waals surface area contributed by atoms with Gasteiger partial charge in [-0.25, -0.2) is 0 Å². The number of aromatic amines is 1. The average Bonchev–Trinajstić information content (AvgIpc) is 3.19. The van der Waals surface area contributed by atoms with E-state index in [1.807, 2.05) is 50.2 Å². The molecule has 172 valence electrons. The SMILES string of the molecule is COc1ccc(CCN2CC(=O)N3[C@@H](Cc4c([nH]c5ccccc45)C3(C)C)C2=O)cc1OC. The summed E-state index contributed by atoms with van der Waals surface area (Å²) < 4.78 is 10.7. The molecular weight excluding hydrogens is 418 g/mol. The van der Waals surface area contributed by atoms with E-state index in [0.29, 0.717) is 30.9 Å². The molecule has 1 aromatic heterocycles. The van der Waals surface area contributed by atoms with Gasteiger partial charge in [-0.15, -0.1) is 0 Å². The molecule has 33 heavy (non-hydrogen) atoms. The second-order valence-corrected chi connectivity index (χ2v) is 9.27. The van der Waals surface area contributed by atoms with E-state index >= 15 is 0 Å². The maximum atomic E-state index is 13.6. The van der Waals surface area contributed by atoms with E-state index in [4.69, 9.17) is 9.47 Å². The van der Waals surface area contributed by atoms with E-state index in [2.05, 4.69) is 11.1 Å². The fourth-order valence-electron chi connectivity index (χ4n) is 5.43. The number of aromatic nitrogens is 1. The predicted octanol–water partition coefficient (Wildman–Crippen LogP) is 3.26. The van der Waals surface area contributed by atoms with E-state index in [1.54, 1.807) is 24.0 Å². The highest BCUT2D eigenvalue weighted by molar-refractivity contribution is 5.97. The first-order valence-corrected chi connectivity index (χ1v) is 11.3. The van der Waals surface area contributed by atoms with Gasteiger partial charge in [0.15, 0.2) is 11.5 Å². The third-order valence-electron chi connectivity index (χ3n) is 7.05. The molecule has 0 spiro atoms. The molecule has 3 heterocycles. The smallest absolute Gasteiger partial charge is 0.246 e. The van der Waals surface area contributed by atoms with Crippen LogP contribution in [0.4, 0.5) is 0 Å². The van der Waals surface area contributed by atoms with Gasteiger partial charge < -0.3 is 24.3 Å². The molecule has 0 aliphatic carbocycles. The van der Waals surface area contributed by atoms with E-state index in [9.17, 15) is 9.59 Å². The second-order valence-electron chi connectivity index (χ2n) is 9.27. The van der Waals surface area contributed by atoms with E-state index in [0.717, 1.165) is 27.7 Å². The van der Waals surface area contributed by atoms with Crippen molar-refractivity contribution in [2.75, 3.05) is 27.3 Å². The van der Waals surface area contributed by atoms with Crippen LogP contribution in [0.15, 0.2) is 42.5 Å². The third kappa shape index (κ3) is 3.34. The molecule has 3 aromatic rings. The molecular formula is C26H29N3O4. The summed E-state index contributed by atoms with van der Waals surface area (Å²) in [5, 5.41) is 1.13. The molecule has 0 radical (unpaired) electrons.